The SMILES string of the molecule is CSC1CCC(NCC(=O)Nc2ccccc2Cl)C1. The van der Waals surface area contributed by atoms with Gasteiger partial charge in [-0.25, -0.2) is 0 Å². The highest BCUT2D eigenvalue weighted by atomic mass is 35.5. The molecule has 1 amide bonds. The molecule has 0 saturated heterocycles. The van der Waals surface area contributed by atoms with Gasteiger partial charge in [0, 0.05) is 11.3 Å². The normalized spacial score (nSPS) is 22.4. The summed E-state index contributed by atoms with van der Waals surface area (Å²) in [4.78, 5) is 11.8. The zero-order chi connectivity index (χ0) is 13.7. The first-order valence-corrected chi connectivity index (χ1v) is 8.16. The Bertz CT molecular complexity index is 441. The van der Waals surface area contributed by atoms with Gasteiger partial charge in [0.2, 0.25) is 5.91 Å². The Morgan fingerprint density at radius 1 is 1.42 bits per heavy atom. The first-order valence-electron chi connectivity index (χ1n) is 6.49. The van der Waals surface area contributed by atoms with Crippen LogP contribution in [0.2, 0.25) is 5.02 Å². The lowest BCUT2D eigenvalue weighted by Gasteiger charge is -2.13. The summed E-state index contributed by atoms with van der Waals surface area (Å²) in [6, 6.07) is 7.74. The number of nitrogens with one attached hydrogen (secondary N) is 2. The van der Waals surface area contributed by atoms with E-state index in [1.165, 1.54) is 6.42 Å². The maximum atomic E-state index is 11.8. The van der Waals surface area contributed by atoms with Crippen LogP contribution in [0, 0.1) is 0 Å². The molecule has 1 aliphatic carbocycles. The molecule has 0 bridgehead atoms. The van der Waals surface area contributed by atoms with Crippen LogP contribution in [0.15, 0.2) is 24.3 Å². The molecule has 0 aromatic heterocycles. The number of amides is 1. The van der Waals surface area contributed by atoms with Crippen molar-refractivity contribution in [1.82, 2.24) is 5.32 Å². The average Bonchev–Trinajstić information content (AvgIpc) is 2.87. The third-order valence-corrected chi connectivity index (χ3v) is 4.84. The Morgan fingerprint density at radius 2 is 2.21 bits per heavy atom. The predicted molar refractivity (Wildman–Crippen MR) is 83.0 cm³/mol. The summed E-state index contributed by atoms with van der Waals surface area (Å²) in [6.07, 6.45) is 5.70. The van der Waals surface area contributed by atoms with E-state index in [4.69, 9.17) is 11.6 Å². The summed E-state index contributed by atoms with van der Waals surface area (Å²) >= 11 is 7.91. The third kappa shape index (κ3) is 4.41. The highest BCUT2D eigenvalue weighted by Crippen LogP contribution is 2.28. The van der Waals surface area contributed by atoms with Crippen molar-refractivity contribution in [1.29, 1.82) is 0 Å². The summed E-state index contributed by atoms with van der Waals surface area (Å²) in [5.74, 6) is -0.0410. The fourth-order valence-corrected chi connectivity index (χ4v) is 3.31. The van der Waals surface area contributed by atoms with Crippen LogP contribution in [0.4, 0.5) is 5.69 Å². The van der Waals surface area contributed by atoms with Crippen LogP contribution < -0.4 is 10.6 Å². The summed E-state index contributed by atoms with van der Waals surface area (Å²) in [7, 11) is 0. The number of para-hydroxylation sites is 1. The topological polar surface area (TPSA) is 41.1 Å². The highest BCUT2D eigenvalue weighted by molar-refractivity contribution is 7.99. The van der Waals surface area contributed by atoms with Gasteiger partial charge in [-0.05, 0) is 37.7 Å². The van der Waals surface area contributed by atoms with Crippen LogP contribution in [0.5, 0.6) is 0 Å². The molecule has 3 nitrogen and oxygen atoms in total. The predicted octanol–water partition coefficient (Wildman–Crippen LogP) is 3.15. The van der Waals surface area contributed by atoms with Crippen molar-refractivity contribution < 1.29 is 4.79 Å². The largest absolute Gasteiger partial charge is 0.324 e. The van der Waals surface area contributed by atoms with Crippen LogP contribution >= 0.6 is 23.4 Å². The molecule has 1 aromatic rings. The Hall–Kier alpha value is -0.710. The molecule has 0 heterocycles. The van der Waals surface area contributed by atoms with Crippen LogP contribution in [0.25, 0.3) is 0 Å². The summed E-state index contributed by atoms with van der Waals surface area (Å²) in [5, 5.41) is 7.45. The van der Waals surface area contributed by atoms with Crippen LogP contribution in [-0.4, -0.2) is 30.0 Å². The monoisotopic (exact) mass is 298 g/mol. The number of anilines is 1. The number of carbonyl (C=O) groups excluding carboxylic acids is 1. The number of carbonyl (C=O) groups is 1. The van der Waals surface area contributed by atoms with Gasteiger partial charge in [0.05, 0.1) is 17.3 Å². The van der Waals surface area contributed by atoms with Gasteiger partial charge in [-0.3, -0.25) is 4.79 Å². The molecule has 5 heteroatoms. The van der Waals surface area contributed by atoms with Crippen molar-refractivity contribution in [3.63, 3.8) is 0 Å². The molecule has 1 aliphatic rings. The summed E-state index contributed by atoms with van der Waals surface area (Å²) < 4.78 is 0. The van der Waals surface area contributed by atoms with Gasteiger partial charge < -0.3 is 10.6 Å². The van der Waals surface area contributed by atoms with Gasteiger partial charge >= 0.3 is 0 Å². The molecular weight excluding hydrogens is 280 g/mol. The third-order valence-electron chi connectivity index (χ3n) is 3.42. The minimum Gasteiger partial charge on any atom is -0.324 e. The van der Waals surface area contributed by atoms with E-state index in [0.717, 1.165) is 18.1 Å². The van der Waals surface area contributed by atoms with Gasteiger partial charge in [0.1, 0.15) is 0 Å². The van der Waals surface area contributed by atoms with E-state index >= 15 is 0 Å². The lowest BCUT2D eigenvalue weighted by molar-refractivity contribution is -0.115. The zero-order valence-electron chi connectivity index (χ0n) is 11.0. The molecular formula is C14H19ClN2OS. The van der Waals surface area contributed by atoms with Crippen LogP contribution in [0.3, 0.4) is 0 Å². The van der Waals surface area contributed by atoms with E-state index in [1.54, 1.807) is 12.1 Å². The molecule has 2 rings (SSSR count). The fraction of sp³-hybridized carbons (Fsp3) is 0.500. The molecule has 104 valence electrons. The van der Waals surface area contributed by atoms with Gasteiger partial charge in [-0.2, -0.15) is 11.8 Å². The minimum atomic E-state index is -0.0410. The number of hydrogen-bond acceptors (Lipinski definition) is 3. The molecule has 0 radical (unpaired) electrons. The van der Waals surface area contributed by atoms with E-state index < -0.39 is 0 Å². The number of hydrogen-bond donors (Lipinski definition) is 2. The molecule has 2 atom stereocenters. The van der Waals surface area contributed by atoms with Crippen molar-refractivity contribution >= 4 is 35.0 Å². The summed E-state index contributed by atoms with van der Waals surface area (Å²) in [6.45, 7) is 0.344. The quantitative estimate of drug-likeness (QED) is 0.877. The van der Waals surface area contributed by atoms with E-state index in [9.17, 15) is 4.79 Å². The van der Waals surface area contributed by atoms with Gasteiger partial charge in [-0.15, -0.1) is 0 Å². The molecule has 1 aromatic carbocycles. The Balaban J connectivity index is 1.75. The molecule has 19 heavy (non-hydrogen) atoms. The summed E-state index contributed by atoms with van der Waals surface area (Å²) in [5.41, 5.74) is 0.671. The van der Waals surface area contributed by atoms with E-state index in [0.29, 0.717) is 23.3 Å². The van der Waals surface area contributed by atoms with Crippen molar-refractivity contribution in [2.24, 2.45) is 0 Å². The van der Waals surface area contributed by atoms with Crippen molar-refractivity contribution in [2.75, 3.05) is 18.1 Å². The Labute approximate surface area is 123 Å². The maximum absolute atomic E-state index is 11.8. The number of benzene rings is 1. The number of halogens is 1. The van der Waals surface area contributed by atoms with Crippen molar-refractivity contribution in [2.45, 2.75) is 30.6 Å². The smallest absolute Gasteiger partial charge is 0.238 e. The van der Waals surface area contributed by atoms with E-state index in [-0.39, 0.29) is 5.91 Å². The second-order valence-corrected chi connectivity index (χ2v) is 6.32. The number of thioether (sulfide) groups is 1. The van der Waals surface area contributed by atoms with Crippen molar-refractivity contribution in [3.8, 4) is 0 Å². The number of rotatable bonds is 5. The first kappa shape index (κ1) is 14.7. The molecule has 2 N–H and O–H groups in total. The fourth-order valence-electron chi connectivity index (χ4n) is 2.33. The Kier molecular flexibility index (Phi) is 5.55. The Morgan fingerprint density at radius 3 is 2.89 bits per heavy atom. The van der Waals surface area contributed by atoms with Gasteiger partial charge in [0.25, 0.3) is 0 Å². The molecule has 0 spiro atoms. The van der Waals surface area contributed by atoms with Gasteiger partial charge in [0.15, 0.2) is 0 Å². The molecule has 1 saturated carbocycles. The maximum Gasteiger partial charge on any atom is 0.238 e. The lowest BCUT2D eigenvalue weighted by Crippen LogP contribution is -2.34. The van der Waals surface area contributed by atoms with Crippen LogP contribution in [-0.2, 0) is 4.79 Å². The lowest BCUT2D eigenvalue weighted by atomic mass is 10.2. The minimum absolute atomic E-state index is 0.0410. The van der Waals surface area contributed by atoms with Crippen LogP contribution in [0.1, 0.15) is 19.3 Å². The van der Waals surface area contributed by atoms with Crippen molar-refractivity contribution in [3.05, 3.63) is 29.3 Å². The van der Waals surface area contributed by atoms with Gasteiger partial charge in [-0.1, -0.05) is 23.7 Å². The molecule has 1 fully saturated rings. The first-order chi connectivity index (χ1) is 9.19. The molecule has 0 aliphatic heterocycles. The van der Waals surface area contributed by atoms with E-state index in [2.05, 4.69) is 16.9 Å². The molecule has 2 unspecified atom stereocenters. The highest BCUT2D eigenvalue weighted by Gasteiger charge is 2.23. The average molecular weight is 299 g/mol. The second kappa shape index (κ2) is 7.17. The standard InChI is InChI=1S/C14H19ClN2OS/c1-19-11-7-6-10(8-11)16-9-14(18)17-13-5-3-2-4-12(13)15/h2-5,10-11,16H,6-9H2,1H3,(H,17,18). The zero-order valence-corrected chi connectivity index (χ0v) is 12.6. The second-order valence-electron chi connectivity index (χ2n) is 4.78. The van der Waals surface area contributed by atoms with E-state index in [1.807, 2.05) is 23.9 Å².